The molecule has 5 heteroatoms. The Kier molecular flexibility index (Phi) is 5.56. The highest BCUT2D eigenvalue weighted by atomic mass is 79.9. The van der Waals surface area contributed by atoms with Gasteiger partial charge in [0.1, 0.15) is 0 Å². The zero-order valence-electron chi connectivity index (χ0n) is 13.0. The highest BCUT2D eigenvalue weighted by Gasteiger charge is 2.31. The van der Waals surface area contributed by atoms with E-state index in [-0.39, 0.29) is 17.7 Å². The summed E-state index contributed by atoms with van der Waals surface area (Å²) in [5.74, 6) is -1.71. The lowest BCUT2D eigenvalue weighted by atomic mass is 9.78. The third-order valence-electron chi connectivity index (χ3n) is 3.19. The van der Waals surface area contributed by atoms with Crippen LogP contribution in [-0.2, 0) is 16.6 Å². The molecule has 0 spiro atoms. The second-order valence-electron chi connectivity index (χ2n) is 5.76. The zero-order chi connectivity index (χ0) is 16.4. The first-order valence-electron chi connectivity index (χ1n) is 6.91. The highest BCUT2D eigenvalue weighted by molar-refractivity contribution is 9.10. The number of carbonyl (C=O) groups is 2. The molecule has 0 radical (unpaired) electrons. The Bertz CT molecular complexity index is 571. The van der Waals surface area contributed by atoms with Crippen molar-refractivity contribution in [1.29, 1.82) is 0 Å². The van der Waals surface area contributed by atoms with Gasteiger partial charge in [-0.15, -0.1) is 0 Å². The van der Waals surface area contributed by atoms with Crippen LogP contribution in [-0.4, -0.2) is 23.7 Å². The molecule has 4 nitrogen and oxygen atoms in total. The van der Waals surface area contributed by atoms with Crippen LogP contribution in [0.2, 0.25) is 0 Å². The fourth-order valence-corrected chi connectivity index (χ4v) is 3.16. The first-order chi connectivity index (χ1) is 9.65. The van der Waals surface area contributed by atoms with Crippen LogP contribution >= 0.6 is 15.9 Å². The maximum Gasteiger partial charge on any atom is 0.339 e. The van der Waals surface area contributed by atoms with E-state index < -0.39 is 17.4 Å². The molecule has 1 rings (SSSR count). The van der Waals surface area contributed by atoms with E-state index in [1.165, 1.54) is 0 Å². The van der Waals surface area contributed by atoms with Crippen molar-refractivity contribution in [3.05, 3.63) is 32.8 Å². The second kappa shape index (κ2) is 6.60. The maximum absolute atomic E-state index is 12.1. The van der Waals surface area contributed by atoms with Crippen LogP contribution in [0.5, 0.6) is 0 Å². The molecule has 1 aromatic rings. The molecule has 0 saturated carbocycles. The van der Waals surface area contributed by atoms with Crippen molar-refractivity contribution >= 4 is 27.9 Å². The molecule has 116 valence electrons. The molecule has 0 bridgehead atoms. The van der Waals surface area contributed by atoms with Crippen LogP contribution in [0.4, 0.5) is 0 Å². The van der Waals surface area contributed by atoms with Crippen LogP contribution in [0.3, 0.4) is 0 Å². The van der Waals surface area contributed by atoms with Gasteiger partial charge in [-0.3, -0.25) is 0 Å². The summed E-state index contributed by atoms with van der Waals surface area (Å²) in [6.45, 7) is 9.68. The zero-order valence-corrected chi connectivity index (χ0v) is 14.6. The van der Waals surface area contributed by atoms with Gasteiger partial charge in [-0.1, -0.05) is 43.6 Å². The number of hydrogen-bond donors (Lipinski definition) is 1. The second-order valence-corrected chi connectivity index (χ2v) is 6.62. The molecule has 0 aliphatic heterocycles. The minimum Gasteiger partial charge on any atom is -0.478 e. The van der Waals surface area contributed by atoms with Gasteiger partial charge in [-0.2, -0.15) is 0 Å². The molecule has 0 atom stereocenters. The van der Waals surface area contributed by atoms with Gasteiger partial charge in [0, 0.05) is 4.47 Å². The number of esters is 1. The summed E-state index contributed by atoms with van der Waals surface area (Å²) in [6, 6.07) is 1.55. The SMILES string of the molecule is CCOC(=O)c1cc(Br)c(CC)c(C(C)(C)C)c1C(=O)O. The van der Waals surface area contributed by atoms with Gasteiger partial charge in [0.25, 0.3) is 0 Å². The molecule has 0 aliphatic rings. The molecular weight excluding hydrogens is 336 g/mol. The Morgan fingerprint density at radius 3 is 2.24 bits per heavy atom. The first kappa shape index (κ1) is 17.7. The van der Waals surface area contributed by atoms with E-state index >= 15 is 0 Å². The van der Waals surface area contributed by atoms with Crippen LogP contribution in [0, 0.1) is 0 Å². The number of rotatable bonds is 4. The van der Waals surface area contributed by atoms with Crippen molar-refractivity contribution in [3.63, 3.8) is 0 Å². The standard InChI is InChI=1S/C16H21BrO4/c1-6-9-11(17)8-10(15(20)21-7-2)12(14(18)19)13(9)16(3,4)5/h8H,6-7H2,1-5H3,(H,18,19). The van der Waals surface area contributed by atoms with Gasteiger partial charge in [-0.25, -0.2) is 9.59 Å². The van der Waals surface area contributed by atoms with Gasteiger partial charge in [0.05, 0.1) is 17.7 Å². The highest BCUT2D eigenvalue weighted by Crippen LogP contribution is 2.36. The van der Waals surface area contributed by atoms with Crippen LogP contribution in [0.1, 0.15) is 66.5 Å². The summed E-state index contributed by atoms with van der Waals surface area (Å²) in [6.07, 6.45) is 0.677. The molecule has 0 saturated heterocycles. The van der Waals surface area contributed by atoms with Crippen LogP contribution in [0.25, 0.3) is 0 Å². The third-order valence-corrected chi connectivity index (χ3v) is 3.90. The molecule has 21 heavy (non-hydrogen) atoms. The summed E-state index contributed by atoms with van der Waals surface area (Å²) in [5.41, 5.74) is 1.33. The van der Waals surface area contributed by atoms with Crippen molar-refractivity contribution in [2.24, 2.45) is 0 Å². The lowest BCUT2D eigenvalue weighted by molar-refractivity contribution is 0.0513. The molecule has 0 fully saturated rings. The smallest absolute Gasteiger partial charge is 0.339 e. The number of carboxylic acids is 1. The lowest BCUT2D eigenvalue weighted by Crippen LogP contribution is -2.24. The largest absolute Gasteiger partial charge is 0.478 e. The first-order valence-corrected chi connectivity index (χ1v) is 7.70. The van der Waals surface area contributed by atoms with Crippen LogP contribution in [0.15, 0.2) is 10.5 Å². The predicted octanol–water partition coefficient (Wildman–Crippen LogP) is 4.18. The molecule has 1 N–H and O–H groups in total. The number of carboxylic acid groups (broad SMARTS) is 1. The molecule has 1 aromatic carbocycles. The number of ether oxygens (including phenoxy) is 1. The van der Waals surface area contributed by atoms with Gasteiger partial charge < -0.3 is 9.84 Å². The summed E-state index contributed by atoms with van der Waals surface area (Å²) in [4.78, 5) is 23.8. The van der Waals surface area contributed by atoms with E-state index in [1.807, 2.05) is 27.7 Å². The lowest BCUT2D eigenvalue weighted by Gasteiger charge is -2.27. The Hall–Kier alpha value is -1.36. The Morgan fingerprint density at radius 2 is 1.86 bits per heavy atom. The number of hydrogen-bond acceptors (Lipinski definition) is 3. The Labute approximate surface area is 133 Å². The van der Waals surface area contributed by atoms with Crippen molar-refractivity contribution in [2.75, 3.05) is 6.61 Å². The van der Waals surface area contributed by atoms with Crippen molar-refractivity contribution < 1.29 is 19.4 Å². The summed E-state index contributed by atoms with van der Waals surface area (Å²) in [5, 5.41) is 9.61. The molecule has 0 heterocycles. The Morgan fingerprint density at radius 1 is 1.29 bits per heavy atom. The van der Waals surface area contributed by atoms with Crippen molar-refractivity contribution in [3.8, 4) is 0 Å². The number of benzene rings is 1. The number of aromatic carboxylic acids is 1. The van der Waals surface area contributed by atoms with Gasteiger partial charge >= 0.3 is 11.9 Å². The quantitative estimate of drug-likeness (QED) is 0.821. The van der Waals surface area contributed by atoms with Crippen molar-refractivity contribution in [2.45, 2.75) is 46.5 Å². The van der Waals surface area contributed by atoms with E-state index in [1.54, 1.807) is 13.0 Å². The summed E-state index contributed by atoms with van der Waals surface area (Å²) in [7, 11) is 0. The summed E-state index contributed by atoms with van der Waals surface area (Å²) < 4.78 is 5.73. The van der Waals surface area contributed by atoms with Gasteiger partial charge in [0.15, 0.2) is 0 Å². The van der Waals surface area contributed by atoms with E-state index in [2.05, 4.69) is 15.9 Å². The monoisotopic (exact) mass is 356 g/mol. The fourth-order valence-electron chi connectivity index (χ4n) is 2.46. The third kappa shape index (κ3) is 3.64. The van der Waals surface area contributed by atoms with E-state index in [9.17, 15) is 14.7 Å². The average Bonchev–Trinajstić information content (AvgIpc) is 2.36. The number of carbonyl (C=O) groups excluding carboxylic acids is 1. The molecule has 0 aromatic heterocycles. The Balaban J connectivity index is 3.80. The van der Waals surface area contributed by atoms with Gasteiger partial charge in [-0.05, 0) is 36.0 Å². The van der Waals surface area contributed by atoms with Crippen LogP contribution < -0.4 is 0 Å². The van der Waals surface area contributed by atoms with Crippen molar-refractivity contribution in [1.82, 2.24) is 0 Å². The molecular formula is C16H21BrO4. The molecule has 0 aliphatic carbocycles. The topological polar surface area (TPSA) is 63.6 Å². The fraction of sp³-hybridized carbons (Fsp3) is 0.500. The normalized spacial score (nSPS) is 11.3. The van der Waals surface area contributed by atoms with E-state index in [0.717, 1.165) is 10.0 Å². The molecule has 0 unspecified atom stereocenters. The summed E-state index contributed by atoms with van der Waals surface area (Å²) >= 11 is 3.45. The minimum absolute atomic E-state index is 0.0426. The van der Waals surface area contributed by atoms with E-state index in [4.69, 9.17) is 4.74 Å². The van der Waals surface area contributed by atoms with Gasteiger partial charge in [0.2, 0.25) is 0 Å². The predicted molar refractivity (Wildman–Crippen MR) is 85.1 cm³/mol. The average molecular weight is 357 g/mol. The molecule has 0 amide bonds. The van der Waals surface area contributed by atoms with E-state index in [0.29, 0.717) is 12.0 Å². The minimum atomic E-state index is -1.11. The maximum atomic E-state index is 12.1. The number of halogens is 1.